The van der Waals surface area contributed by atoms with Crippen LogP contribution in [0.25, 0.3) is 22.4 Å². The van der Waals surface area contributed by atoms with E-state index in [4.69, 9.17) is 14.0 Å². The van der Waals surface area contributed by atoms with Gasteiger partial charge in [0.25, 0.3) is 5.89 Å². The van der Waals surface area contributed by atoms with Gasteiger partial charge in [-0.3, -0.25) is 5.10 Å². The van der Waals surface area contributed by atoms with E-state index in [1.54, 1.807) is 20.4 Å². The number of H-pyrrole nitrogens is 1. The molecule has 20 heavy (non-hydrogen) atoms. The second kappa shape index (κ2) is 5.40. The summed E-state index contributed by atoms with van der Waals surface area (Å²) in [5.41, 5.74) is 1.75. The molecule has 1 unspecified atom stereocenters. The molecule has 0 saturated carbocycles. The van der Waals surface area contributed by atoms with Crippen molar-refractivity contribution in [3.05, 3.63) is 30.2 Å². The molecule has 1 aromatic carbocycles. The van der Waals surface area contributed by atoms with Gasteiger partial charge in [0.05, 0.1) is 23.9 Å². The predicted octanol–water partition coefficient (Wildman–Crippen LogP) is 1.95. The number of ether oxygens (including phenoxy) is 2. The molecule has 104 valence electrons. The predicted molar refractivity (Wildman–Crippen MR) is 71.0 cm³/mol. The number of nitrogens with one attached hydrogen (secondary N) is 1. The van der Waals surface area contributed by atoms with Crippen molar-refractivity contribution in [3.8, 4) is 11.5 Å². The van der Waals surface area contributed by atoms with Gasteiger partial charge in [-0.15, -0.1) is 0 Å². The number of aromatic amines is 1. The maximum Gasteiger partial charge on any atom is 0.258 e. The van der Waals surface area contributed by atoms with Crippen LogP contribution in [0.2, 0.25) is 0 Å². The summed E-state index contributed by atoms with van der Waals surface area (Å²) in [4.78, 5) is 4.38. The zero-order valence-corrected chi connectivity index (χ0v) is 11.2. The van der Waals surface area contributed by atoms with Crippen LogP contribution in [-0.4, -0.2) is 41.2 Å². The van der Waals surface area contributed by atoms with Gasteiger partial charge < -0.3 is 14.0 Å². The summed E-state index contributed by atoms with van der Waals surface area (Å²) >= 11 is 0. The Balaban J connectivity index is 1.99. The quantitative estimate of drug-likeness (QED) is 0.765. The molecule has 0 aliphatic rings. The van der Waals surface area contributed by atoms with Gasteiger partial charge >= 0.3 is 0 Å². The Morgan fingerprint density at radius 1 is 1.35 bits per heavy atom. The van der Waals surface area contributed by atoms with Gasteiger partial charge in [-0.25, -0.2) is 0 Å². The molecule has 0 fully saturated rings. The molecule has 0 amide bonds. The van der Waals surface area contributed by atoms with Gasteiger partial charge in [-0.2, -0.15) is 10.1 Å². The first-order valence-corrected chi connectivity index (χ1v) is 6.11. The second-order valence-electron chi connectivity index (χ2n) is 4.27. The Labute approximate surface area is 114 Å². The van der Waals surface area contributed by atoms with Crippen LogP contribution >= 0.6 is 0 Å². The lowest BCUT2D eigenvalue weighted by atomic mass is 10.1. The molecule has 0 aliphatic carbocycles. The first-order valence-electron chi connectivity index (χ1n) is 6.11. The zero-order valence-electron chi connectivity index (χ0n) is 11.2. The molecule has 1 atom stereocenters. The van der Waals surface area contributed by atoms with Gasteiger partial charge in [0.15, 0.2) is 0 Å². The van der Waals surface area contributed by atoms with Crippen molar-refractivity contribution in [1.82, 2.24) is 20.3 Å². The molecular weight excluding hydrogens is 260 g/mol. The smallest absolute Gasteiger partial charge is 0.258 e. The lowest BCUT2D eigenvalue weighted by Gasteiger charge is -2.08. The number of nitrogens with zero attached hydrogens (tertiary/aromatic N) is 3. The molecule has 3 rings (SSSR count). The number of fused-ring (bicyclic) bond motifs is 1. The van der Waals surface area contributed by atoms with Crippen LogP contribution in [0.3, 0.4) is 0 Å². The fourth-order valence-corrected chi connectivity index (χ4v) is 2.03. The molecule has 0 radical (unpaired) electrons. The number of aromatic nitrogens is 4. The minimum absolute atomic E-state index is 0.346. The first-order chi connectivity index (χ1) is 9.83. The van der Waals surface area contributed by atoms with E-state index in [-0.39, 0.29) is 6.10 Å². The van der Waals surface area contributed by atoms with Crippen molar-refractivity contribution < 1.29 is 14.0 Å². The maximum absolute atomic E-state index is 5.32. The lowest BCUT2D eigenvalue weighted by Crippen LogP contribution is -2.10. The van der Waals surface area contributed by atoms with E-state index in [2.05, 4.69) is 20.3 Å². The van der Waals surface area contributed by atoms with Crippen LogP contribution in [0.5, 0.6) is 0 Å². The highest BCUT2D eigenvalue weighted by Crippen LogP contribution is 2.27. The van der Waals surface area contributed by atoms with Crippen LogP contribution in [0.1, 0.15) is 11.9 Å². The highest BCUT2D eigenvalue weighted by atomic mass is 16.5. The Kier molecular flexibility index (Phi) is 3.44. The minimum Gasteiger partial charge on any atom is -0.381 e. The Bertz CT molecular complexity index is 706. The molecule has 0 saturated heterocycles. The van der Waals surface area contributed by atoms with E-state index in [9.17, 15) is 0 Å². The molecule has 7 heteroatoms. The number of hydrogen-bond donors (Lipinski definition) is 1. The van der Waals surface area contributed by atoms with Gasteiger partial charge in [0, 0.05) is 19.6 Å². The molecular formula is C13H14N4O3. The summed E-state index contributed by atoms with van der Waals surface area (Å²) in [6.45, 7) is 0.366. The number of benzene rings is 1. The molecule has 0 bridgehead atoms. The van der Waals surface area contributed by atoms with Crippen molar-refractivity contribution in [1.29, 1.82) is 0 Å². The summed E-state index contributed by atoms with van der Waals surface area (Å²) in [5, 5.41) is 11.8. The average Bonchev–Trinajstić information content (AvgIpc) is 3.12. The number of rotatable bonds is 5. The maximum atomic E-state index is 5.32. The van der Waals surface area contributed by atoms with Crippen molar-refractivity contribution in [2.45, 2.75) is 6.10 Å². The summed E-state index contributed by atoms with van der Waals surface area (Å²) in [6.07, 6.45) is 1.39. The third-order valence-electron chi connectivity index (χ3n) is 3.05. The standard InChI is InChI=1S/C13H14N4O3/c1-18-7-11(19-2)12-15-13(20-17-12)8-4-3-5-10-9(8)6-14-16-10/h3-6,11H,7H2,1-2H3,(H,14,16). The Morgan fingerprint density at radius 3 is 3.05 bits per heavy atom. The number of hydrogen-bond acceptors (Lipinski definition) is 6. The van der Waals surface area contributed by atoms with Crippen LogP contribution in [0.4, 0.5) is 0 Å². The molecule has 1 N–H and O–H groups in total. The highest BCUT2D eigenvalue weighted by Gasteiger charge is 2.19. The van der Waals surface area contributed by atoms with Crippen molar-refractivity contribution >= 4 is 10.9 Å². The average molecular weight is 274 g/mol. The topological polar surface area (TPSA) is 86.1 Å². The molecule has 3 aromatic rings. The van der Waals surface area contributed by atoms with Crippen molar-refractivity contribution in [3.63, 3.8) is 0 Å². The van der Waals surface area contributed by atoms with Crippen LogP contribution in [0, 0.1) is 0 Å². The van der Waals surface area contributed by atoms with E-state index in [1.807, 2.05) is 18.2 Å². The lowest BCUT2D eigenvalue weighted by molar-refractivity contribution is 0.0209. The molecule has 7 nitrogen and oxygen atoms in total. The normalized spacial score (nSPS) is 12.9. The second-order valence-corrected chi connectivity index (χ2v) is 4.27. The van der Waals surface area contributed by atoms with Crippen LogP contribution < -0.4 is 0 Å². The Hall–Kier alpha value is -2.25. The molecule has 0 aliphatic heterocycles. The highest BCUT2D eigenvalue weighted by molar-refractivity contribution is 5.91. The fraction of sp³-hybridized carbons (Fsp3) is 0.308. The number of methoxy groups -OCH3 is 2. The van der Waals surface area contributed by atoms with Crippen LogP contribution in [-0.2, 0) is 9.47 Å². The first kappa shape index (κ1) is 12.8. The largest absolute Gasteiger partial charge is 0.381 e. The SMILES string of the molecule is COCC(OC)c1noc(-c2cccc3[nH]ncc23)n1. The van der Waals surface area contributed by atoms with E-state index in [0.717, 1.165) is 16.5 Å². The molecule has 2 aromatic heterocycles. The monoisotopic (exact) mass is 274 g/mol. The van der Waals surface area contributed by atoms with Gasteiger partial charge in [-0.1, -0.05) is 11.2 Å². The third kappa shape index (κ3) is 2.17. The minimum atomic E-state index is -0.346. The van der Waals surface area contributed by atoms with Gasteiger partial charge in [-0.05, 0) is 12.1 Å². The summed E-state index contributed by atoms with van der Waals surface area (Å²) in [5.74, 6) is 0.898. The summed E-state index contributed by atoms with van der Waals surface area (Å²) < 4.78 is 15.6. The van der Waals surface area contributed by atoms with Crippen molar-refractivity contribution in [2.75, 3.05) is 20.8 Å². The fourth-order valence-electron chi connectivity index (χ4n) is 2.03. The van der Waals surface area contributed by atoms with E-state index in [0.29, 0.717) is 18.3 Å². The van der Waals surface area contributed by atoms with Crippen LogP contribution in [0.15, 0.2) is 28.9 Å². The summed E-state index contributed by atoms with van der Waals surface area (Å²) in [7, 11) is 3.18. The van der Waals surface area contributed by atoms with E-state index >= 15 is 0 Å². The zero-order chi connectivity index (χ0) is 13.9. The van der Waals surface area contributed by atoms with E-state index < -0.39 is 0 Å². The molecule has 0 spiro atoms. The summed E-state index contributed by atoms with van der Waals surface area (Å²) in [6, 6.07) is 5.75. The Morgan fingerprint density at radius 2 is 2.25 bits per heavy atom. The van der Waals surface area contributed by atoms with Crippen molar-refractivity contribution in [2.24, 2.45) is 0 Å². The van der Waals surface area contributed by atoms with Gasteiger partial charge in [0.1, 0.15) is 6.10 Å². The third-order valence-corrected chi connectivity index (χ3v) is 3.05. The molecule has 2 heterocycles. The van der Waals surface area contributed by atoms with E-state index in [1.165, 1.54) is 0 Å². The van der Waals surface area contributed by atoms with Gasteiger partial charge in [0.2, 0.25) is 5.82 Å².